The Balaban J connectivity index is 1.66. The van der Waals surface area contributed by atoms with Crippen LogP contribution in [0.2, 0.25) is 0 Å². The van der Waals surface area contributed by atoms with Gasteiger partial charge in [0.15, 0.2) is 0 Å². The van der Waals surface area contributed by atoms with E-state index in [-0.39, 0.29) is 24.0 Å². The molecule has 2 amide bonds. The predicted octanol–water partition coefficient (Wildman–Crippen LogP) is 1.06. The Morgan fingerprint density at radius 3 is 2.93 bits per heavy atom. The quantitative estimate of drug-likeness (QED) is 0.681. The van der Waals surface area contributed by atoms with E-state index in [1.807, 2.05) is 26.1 Å². The smallest absolute Gasteiger partial charge is 0.238 e. The van der Waals surface area contributed by atoms with Crippen LogP contribution in [0.5, 0.6) is 0 Å². The van der Waals surface area contributed by atoms with Gasteiger partial charge in [-0.15, -0.1) is 0 Å². The minimum absolute atomic E-state index is 0.119. The Kier molecular flexibility index (Phi) is 4.84. The van der Waals surface area contributed by atoms with Crippen LogP contribution in [-0.4, -0.2) is 53.9 Å². The third kappa shape index (κ3) is 3.16. The van der Waals surface area contributed by atoms with Gasteiger partial charge in [-0.3, -0.25) is 19.6 Å². The predicted molar refractivity (Wildman–Crippen MR) is 106 cm³/mol. The normalized spacial score (nSPS) is 28.4. The summed E-state index contributed by atoms with van der Waals surface area (Å²) in [4.78, 5) is 24.1. The first-order valence-electron chi connectivity index (χ1n) is 9.74. The molecule has 1 aromatic carbocycles. The fourth-order valence-corrected chi connectivity index (χ4v) is 4.24. The number of rotatable bonds is 4. The van der Waals surface area contributed by atoms with Crippen molar-refractivity contribution < 1.29 is 14.3 Å². The second-order valence-electron chi connectivity index (χ2n) is 7.93. The van der Waals surface area contributed by atoms with E-state index in [1.165, 1.54) is 0 Å². The molecule has 0 bridgehead atoms. The number of aromatic nitrogens is 2. The van der Waals surface area contributed by atoms with Gasteiger partial charge in [0.2, 0.25) is 11.8 Å². The number of amides is 2. The summed E-state index contributed by atoms with van der Waals surface area (Å²) in [5.41, 5.74) is 1.87. The third-order valence-electron chi connectivity index (χ3n) is 6.06. The van der Waals surface area contributed by atoms with E-state index in [9.17, 15) is 9.59 Å². The summed E-state index contributed by atoms with van der Waals surface area (Å²) in [6.07, 6.45) is 1.90. The van der Waals surface area contributed by atoms with Crippen molar-refractivity contribution in [3.05, 3.63) is 23.9 Å². The maximum Gasteiger partial charge on any atom is 0.238 e. The largest absolute Gasteiger partial charge is 0.380 e. The van der Waals surface area contributed by atoms with Crippen molar-refractivity contribution in [1.29, 1.82) is 0 Å². The first-order valence-corrected chi connectivity index (χ1v) is 9.74. The lowest BCUT2D eigenvalue weighted by Gasteiger charge is -2.32. The molecule has 2 saturated heterocycles. The fraction of sp³-hybridized carbons (Fsp3) is 0.550. The summed E-state index contributed by atoms with van der Waals surface area (Å²) < 4.78 is 7.40. The average Bonchev–Trinajstić information content (AvgIpc) is 3.02. The van der Waals surface area contributed by atoms with Gasteiger partial charge in [-0.1, -0.05) is 0 Å². The van der Waals surface area contributed by atoms with E-state index in [4.69, 9.17) is 4.74 Å². The molecular weight excluding hydrogens is 358 g/mol. The molecule has 0 spiro atoms. The fourth-order valence-electron chi connectivity index (χ4n) is 4.24. The number of piperidine rings is 2. The second-order valence-corrected chi connectivity index (χ2v) is 7.93. The zero-order chi connectivity index (χ0) is 19.9. The van der Waals surface area contributed by atoms with Crippen molar-refractivity contribution in [2.45, 2.75) is 43.7 Å². The summed E-state index contributed by atoms with van der Waals surface area (Å²) in [7, 11) is 3.62. The number of hydrogen-bond donors (Lipinski definition) is 3. The Hall–Kier alpha value is -2.45. The maximum atomic E-state index is 12.6. The van der Waals surface area contributed by atoms with Crippen LogP contribution in [0.3, 0.4) is 0 Å². The molecule has 2 aliphatic rings. The van der Waals surface area contributed by atoms with E-state index in [2.05, 4.69) is 27.1 Å². The van der Waals surface area contributed by atoms with Gasteiger partial charge in [-0.05, 0) is 44.5 Å². The van der Waals surface area contributed by atoms with Gasteiger partial charge in [0.1, 0.15) is 0 Å². The molecule has 3 heterocycles. The van der Waals surface area contributed by atoms with Crippen molar-refractivity contribution in [2.75, 3.05) is 25.5 Å². The Morgan fingerprint density at radius 1 is 1.36 bits per heavy atom. The first kappa shape index (κ1) is 18.9. The molecule has 8 heteroatoms. The Bertz CT molecular complexity index is 924. The molecule has 0 radical (unpaired) electrons. The molecule has 0 aliphatic carbocycles. The van der Waals surface area contributed by atoms with Gasteiger partial charge < -0.3 is 15.4 Å². The van der Waals surface area contributed by atoms with Crippen LogP contribution < -0.4 is 16.0 Å². The molecule has 1 unspecified atom stereocenters. The number of carbonyl (C=O) groups excluding carboxylic acids is 2. The number of hydrogen-bond acceptors (Lipinski definition) is 6. The molecule has 28 heavy (non-hydrogen) atoms. The molecule has 3 N–H and O–H groups in total. The Labute approximate surface area is 164 Å². The number of carbonyl (C=O) groups is 2. The maximum absolute atomic E-state index is 12.6. The molecule has 3 atom stereocenters. The number of imide groups is 1. The Morgan fingerprint density at radius 2 is 2.18 bits per heavy atom. The molecule has 2 aromatic rings. The van der Waals surface area contributed by atoms with Gasteiger partial charge in [0.25, 0.3) is 0 Å². The SMILES string of the molecule is CO[C@@H]1CNCC[C@H]1Nc1ccc2c(C3(C)CCC(=O)NC3=O)nn(C)c2c1. The lowest BCUT2D eigenvalue weighted by Crippen LogP contribution is -2.50. The van der Waals surface area contributed by atoms with E-state index in [1.54, 1.807) is 11.8 Å². The van der Waals surface area contributed by atoms with E-state index >= 15 is 0 Å². The van der Waals surface area contributed by atoms with Crippen LogP contribution in [-0.2, 0) is 26.8 Å². The molecule has 150 valence electrons. The highest BCUT2D eigenvalue weighted by atomic mass is 16.5. The van der Waals surface area contributed by atoms with Gasteiger partial charge >= 0.3 is 0 Å². The number of nitrogens with zero attached hydrogens (tertiary/aromatic N) is 2. The summed E-state index contributed by atoms with van der Waals surface area (Å²) in [5.74, 6) is -0.493. The van der Waals surface area contributed by atoms with Crippen LogP contribution in [0.4, 0.5) is 5.69 Å². The zero-order valence-corrected chi connectivity index (χ0v) is 16.5. The highest BCUT2D eigenvalue weighted by Gasteiger charge is 2.43. The number of fused-ring (bicyclic) bond motifs is 1. The highest BCUT2D eigenvalue weighted by Crippen LogP contribution is 2.36. The van der Waals surface area contributed by atoms with Gasteiger partial charge in [-0.25, -0.2) is 0 Å². The number of nitrogens with one attached hydrogen (secondary N) is 3. The zero-order valence-electron chi connectivity index (χ0n) is 16.5. The molecule has 2 fully saturated rings. The summed E-state index contributed by atoms with van der Waals surface area (Å²) in [6, 6.07) is 6.34. The summed E-state index contributed by atoms with van der Waals surface area (Å²) in [5, 5.41) is 15.0. The van der Waals surface area contributed by atoms with Crippen LogP contribution in [0.1, 0.15) is 31.9 Å². The minimum Gasteiger partial charge on any atom is -0.380 e. The van der Waals surface area contributed by atoms with Crippen LogP contribution in [0.15, 0.2) is 18.2 Å². The lowest BCUT2D eigenvalue weighted by molar-refractivity contribution is -0.137. The standard InChI is InChI=1S/C20H27N5O3/c1-20(8-6-17(26)23-19(20)27)18-13-5-4-12(10-15(13)25(2)24-18)22-14-7-9-21-11-16(14)28-3/h4-5,10,14,16,21-22H,6-9,11H2,1-3H3,(H,23,26,27)/t14-,16-,20?/m1/s1. The van der Waals surface area contributed by atoms with Crippen molar-refractivity contribution in [2.24, 2.45) is 7.05 Å². The molecule has 1 aromatic heterocycles. The van der Waals surface area contributed by atoms with Crippen LogP contribution >= 0.6 is 0 Å². The average molecular weight is 385 g/mol. The van der Waals surface area contributed by atoms with Crippen molar-refractivity contribution in [3.8, 4) is 0 Å². The third-order valence-corrected chi connectivity index (χ3v) is 6.06. The number of methoxy groups -OCH3 is 1. The number of anilines is 1. The highest BCUT2D eigenvalue weighted by molar-refractivity contribution is 6.05. The monoisotopic (exact) mass is 385 g/mol. The molecular formula is C20H27N5O3. The summed E-state index contributed by atoms with van der Waals surface area (Å²) in [6.45, 7) is 3.65. The van der Waals surface area contributed by atoms with Gasteiger partial charge in [0, 0.05) is 38.2 Å². The van der Waals surface area contributed by atoms with Crippen molar-refractivity contribution >= 4 is 28.4 Å². The molecule has 4 rings (SSSR count). The molecule has 2 aliphatic heterocycles. The van der Waals surface area contributed by atoms with Crippen LogP contribution in [0.25, 0.3) is 10.9 Å². The second kappa shape index (κ2) is 7.18. The number of benzene rings is 1. The van der Waals surface area contributed by atoms with Crippen molar-refractivity contribution in [1.82, 2.24) is 20.4 Å². The van der Waals surface area contributed by atoms with Gasteiger partial charge in [0.05, 0.1) is 28.8 Å². The van der Waals surface area contributed by atoms with E-state index in [0.717, 1.165) is 41.8 Å². The molecule has 8 nitrogen and oxygen atoms in total. The van der Waals surface area contributed by atoms with E-state index in [0.29, 0.717) is 12.8 Å². The summed E-state index contributed by atoms with van der Waals surface area (Å²) >= 11 is 0. The van der Waals surface area contributed by atoms with Crippen LogP contribution in [0, 0.1) is 0 Å². The lowest BCUT2D eigenvalue weighted by atomic mass is 9.77. The minimum atomic E-state index is -0.807. The topological polar surface area (TPSA) is 97.3 Å². The number of aryl methyl sites for hydroxylation is 1. The van der Waals surface area contributed by atoms with Crippen molar-refractivity contribution in [3.63, 3.8) is 0 Å². The first-order chi connectivity index (χ1) is 13.4. The van der Waals surface area contributed by atoms with Gasteiger partial charge in [-0.2, -0.15) is 5.10 Å². The van der Waals surface area contributed by atoms with E-state index < -0.39 is 5.41 Å². The molecule has 0 saturated carbocycles. The number of ether oxygens (including phenoxy) is 1.